The highest BCUT2D eigenvalue weighted by Gasteiger charge is 2.22. The number of rotatable bonds is 5. The van der Waals surface area contributed by atoms with Gasteiger partial charge in [0.05, 0.1) is 12.4 Å². The Morgan fingerprint density at radius 3 is 2.67 bits per heavy atom. The predicted octanol–water partition coefficient (Wildman–Crippen LogP) is 0.268. The molecular formula is C15H25N3O3. The molecule has 1 aromatic rings. The Balaban J connectivity index is 1.80. The lowest BCUT2D eigenvalue weighted by molar-refractivity contribution is 0.0484. The average molecular weight is 295 g/mol. The molecule has 1 saturated heterocycles. The number of aryl methyl sites for hydroxylation is 1. The van der Waals surface area contributed by atoms with Crippen LogP contribution in [0.2, 0.25) is 0 Å². The van der Waals surface area contributed by atoms with Gasteiger partial charge in [-0.1, -0.05) is 0 Å². The fourth-order valence-electron chi connectivity index (χ4n) is 2.55. The zero-order valence-corrected chi connectivity index (χ0v) is 13.1. The van der Waals surface area contributed by atoms with Crippen molar-refractivity contribution in [3.8, 4) is 0 Å². The van der Waals surface area contributed by atoms with E-state index < -0.39 is 6.10 Å². The van der Waals surface area contributed by atoms with Gasteiger partial charge in [0.25, 0.3) is 5.91 Å². The molecule has 0 aromatic carbocycles. The van der Waals surface area contributed by atoms with Crippen molar-refractivity contribution in [2.45, 2.75) is 13.0 Å². The molecule has 1 aliphatic heterocycles. The van der Waals surface area contributed by atoms with Crippen LogP contribution in [0.4, 0.5) is 0 Å². The summed E-state index contributed by atoms with van der Waals surface area (Å²) in [5.74, 6) is 0.166. The Kier molecular flexibility index (Phi) is 5.39. The molecule has 2 rings (SSSR count). The number of hydrogen-bond donors (Lipinski definition) is 1. The van der Waals surface area contributed by atoms with Crippen molar-refractivity contribution in [3.05, 3.63) is 23.7 Å². The van der Waals surface area contributed by atoms with Crippen molar-refractivity contribution in [1.29, 1.82) is 0 Å². The number of nitrogens with zero attached hydrogens (tertiary/aromatic N) is 3. The molecule has 21 heavy (non-hydrogen) atoms. The van der Waals surface area contributed by atoms with Crippen molar-refractivity contribution in [1.82, 2.24) is 14.7 Å². The summed E-state index contributed by atoms with van der Waals surface area (Å²) in [6, 6.07) is 1.77. The number of aliphatic hydroxyl groups is 1. The van der Waals surface area contributed by atoms with Gasteiger partial charge in [-0.2, -0.15) is 0 Å². The molecule has 1 unspecified atom stereocenters. The topological polar surface area (TPSA) is 60.2 Å². The number of carbonyl (C=O) groups is 1. The second-order valence-corrected chi connectivity index (χ2v) is 5.88. The quantitative estimate of drug-likeness (QED) is 0.845. The van der Waals surface area contributed by atoms with Gasteiger partial charge in [0.1, 0.15) is 0 Å². The number of amides is 1. The monoisotopic (exact) mass is 295 g/mol. The summed E-state index contributed by atoms with van der Waals surface area (Å²) in [4.78, 5) is 18.2. The minimum absolute atomic E-state index is 0.185. The van der Waals surface area contributed by atoms with E-state index in [-0.39, 0.29) is 5.91 Å². The lowest BCUT2D eigenvalue weighted by atomic mass is 10.2. The number of likely N-dealkylation sites (N-methyl/N-ethyl adjacent to an activating group) is 2. The number of furan rings is 1. The van der Waals surface area contributed by atoms with Crippen LogP contribution in [0.15, 0.2) is 16.7 Å². The summed E-state index contributed by atoms with van der Waals surface area (Å²) in [5.41, 5.74) is 0.820. The minimum Gasteiger partial charge on any atom is -0.459 e. The molecule has 0 bridgehead atoms. The summed E-state index contributed by atoms with van der Waals surface area (Å²) < 4.78 is 5.20. The van der Waals surface area contributed by atoms with Crippen LogP contribution < -0.4 is 0 Å². The van der Waals surface area contributed by atoms with Crippen molar-refractivity contribution in [2.24, 2.45) is 0 Å². The second-order valence-electron chi connectivity index (χ2n) is 5.88. The Morgan fingerprint density at radius 1 is 1.43 bits per heavy atom. The third kappa shape index (κ3) is 4.30. The van der Waals surface area contributed by atoms with Gasteiger partial charge in [-0.15, -0.1) is 0 Å². The van der Waals surface area contributed by atoms with E-state index in [0.29, 0.717) is 18.8 Å². The Labute approximate surface area is 125 Å². The first-order chi connectivity index (χ1) is 9.97. The Hall–Kier alpha value is -1.37. The van der Waals surface area contributed by atoms with E-state index in [1.807, 2.05) is 6.92 Å². The maximum atomic E-state index is 12.2. The van der Waals surface area contributed by atoms with Gasteiger partial charge < -0.3 is 19.3 Å². The smallest absolute Gasteiger partial charge is 0.289 e. The lowest BCUT2D eigenvalue weighted by Crippen LogP contribution is -2.49. The van der Waals surface area contributed by atoms with Crippen LogP contribution in [0.1, 0.15) is 16.1 Å². The third-order valence-electron chi connectivity index (χ3n) is 3.95. The van der Waals surface area contributed by atoms with Gasteiger partial charge in [0.15, 0.2) is 5.76 Å². The molecule has 0 spiro atoms. The fourth-order valence-corrected chi connectivity index (χ4v) is 2.55. The molecule has 1 fully saturated rings. The van der Waals surface area contributed by atoms with E-state index in [2.05, 4.69) is 16.8 Å². The highest BCUT2D eigenvalue weighted by atomic mass is 16.3. The molecule has 2 heterocycles. The minimum atomic E-state index is -0.544. The van der Waals surface area contributed by atoms with Crippen molar-refractivity contribution in [2.75, 3.05) is 53.4 Å². The SMILES string of the molecule is Cc1ccoc1C(=O)N(C)CC(O)CN1CCN(C)CC1. The maximum Gasteiger partial charge on any atom is 0.289 e. The molecule has 0 radical (unpaired) electrons. The summed E-state index contributed by atoms with van der Waals surface area (Å²) >= 11 is 0. The molecule has 118 valence electrons. The Morgan fingerprint density at radius 2 is 2.10 bits per heavy atom. The molecule has 6 heteroatoms. The van der Waals surface area contributed by atoms with Gasteiger partial charge in [-0.3, -0.25) is 9.69 Å². The maximum absolute atomic E-state index is 12.2. The van der Waals surface area contributed by atoms with E-state index in [1.54, 1.807) is 13.1 Å². The van der Waals surface area contributed by atoms with Crippen LogP contribution in [0, 0.1) is 6.92 Å². The first-order valence-electron chi connectivity index (χ1n) is 7.36. The van der Waals surface area contributed by atoms with Crippen LogP contribution in [0.3, 0.4) is 0 Å². The van der Waals surface area contributed by atoms with Crippen molar-refractivity contribution >= 4 is 5.91 Å². The highest BCUT2D eigenvalue weighted by Crippen LogP contribution is 2.11. The number of carbonyl (C=O) groups excluding carboxylic acids is 1. The molecule has 1 atom stereocenters. The summed E-state index contributed by atoms with van der Waals surface area (Å²) in [6.45, 7) is 6.71. The largest absolute Gasteiger partial charge is 0.459 e. The van der Waals surface area contributed by atoms with Crippen LogP contribution in [-0.2, 0) is 0 Å². The van der Waals surface area contributed by atoms with Crippen LogP contribution in [-0.4, -0.2) is 85.2 Å². The number of β-amino-alcohol motifs (C(OH)–C–C–N with tert-alkyl or cyclic N) is 1. The Bertz CT molecular complexity index is 466. The van der Waals surface area contributed by atoms with Gasteiger partial charge in [-0.25, -0.2) is 0 Å². The molecule has 0 aliphatic carbocycles. The van der Waals surface area contributed by atoms with Gasteiger partial charge in [0, 0.05) is 51.9 Å². The average Bonchev–Trinajstić information content (AvgIpc) is 2.86. The number of aliphatic hydroxyl groups excluding tert-OH is 1. The molecule has 1 aromatic heterocycles. The summed E-state index contributed by atoms with van der Waals surface area (Å²) in [5, 5.41) is 10.2. The van der Waals surface area contributed by atoms with E-state index in [1.165, 1.54) is 11.2 Å². The molecule has 1 aliphatic rings. The van der Waals surface area contributed by atoms with E-state index in [4.69, 9.17) is 4.42 Å². The van der Waals surface area contributed by atoms with Crippen molar-refractivity contribution < 1.29 is 14.3 Å². The lowest BCUT2D eigenvalue weighted by Gasteiger charge is -2.34. The van der Waals surface area contributed by atoms with Gasteiger partial charge in [0.2, 0.25) is 0 Å². The normalized spacial score (nSPS) is 18.7. The third-order valence-corrected chi connectivity index (χ3v) is 3.95. The standard InChI is InChI=1S/C15H25N3O3/c1-12-4-9-21-14(12)15(20)17(3)10-13(19)11-18-7-5-16(2)6-8-18/h4,9,13,19H,5-8,10-11H2,1-3H3. The molecule has 1 N–H and O–H groups in total. The van der Waals surface area contributed by atoms with Crippen LogP contribution in [0.5, 0.6) is 0 Å². The zero-order chi connectivity index (χ0) is 15.4. The van der Waals surface area contributed by atoms with E-state index >= 15 is 0 Å². The van der Waals surface area contributed by atoms with E-state index in [9.17, 15) is 9.90 Å². The molecule has 6 nitrogen and oxygen atoms in total. The van der Waals surface area contributed by atoms with Gasteiger partial charge in [-0.05, 0) is 20.0 Å². The number of hydrogen-bond acceptors (Lipinski definition) is 5. The first-order valence-corrected chi connectivity index (χ1v) is 7.36. The van der Waals surface area contributed by atoms with Crippen LogP contribution in [0.25, 0.3) is 0 Å². The second kappa shape index (κ2) is 7.06. The molecule has 0 saturated carbocycles. The fraction of sp³-hybridized carbons (Fsp3) is 0.667. The van der Waals surface area contributed by atoms with Crippen LogP contribution >= 0.6 is 0 Å². The van der Waals surface area contributed by atoms with Crippen molar-refractivity contribution in [3.63, 3.8) is 0 Å². The summed E-state index contributed by atoms with van der Waals surface area (Å²) in [6.07, 6.45) is 0.967. The molecule has 1 amide bonds. The van der Waals surface area contributed by atoms with Gasteiger partial charge >= 0.3 is 0 Å². The number of piperazine rings is 1. The van der Waals surface area contributed by atoms with E-state index in [0.717, 1.165) is 31.7 Å². The summed E-state index contributed by atoms with van der Waals surface area (Å²) in [7, 11) is 3.80. The highest BCUT2D eigenvalue weighted by molar-refractivity contribution is 5.92. The molecular weight excluding hydrogens is 270 g/mol. The predicted molar refractivity (Wildman–Crippen MR) is 80.3 cm³/mol. The zero-order valence-electron chi connectivity index (χ0n) is 13.1. The first kappa shape index (κ1) is 16.0.